The van der Waals surface area contributed by atoms with Gasteiger partial charge in [-0.15, -0.1) is 0 Å². The van der Waals surface area contributed by atoms with Gasteiger partial charge in [0, 0.05) is 5.41 Å². The van der Waals surface area contributed by atoms with E-state index in [0.717, 1.165) is 12.3 Å². The van der Waals surface area contributed by atoms with Crippen molar-refractivity contribution in [2.45, 2.75) is 60.0 Å². The molecular formula is C14H24O2. The molecule has 0 N–H and O–H groups in total. The van der Waals surface area contributed by atoms with Crippen molar-refractivity contribution < 1.29 is 9.53 Å². The van der Waals surface area contributed by atoms with E-state index < -0.39 is 0 Å². The van der Waals surface area contributed by atoms with Crippen molar-refractivity contribution in [2.24, 2.45) is 22.7 Å². The van der Waals surface area contributed by atoms with E-state index in [1.165, 1.54) is 12.8 Å². The van der Waals surface area contributed by atoms with E-state index in [-0.39, 0.29) is 23.4 Å². The second kappa shape index (κ2) is 3.48. The van der Waals surface area contributed by atoms with Crippen molar-refractivity contribution in [1.29, 1.82) is 0 Å². The van der Waals surface area contributed by atoms with Crippen LogP contribution in [0.4, 0.5) is 0 Å². The molecule has 0 spiro atoms. The summed E-state index contributed by atoms with van der Waals surface area (Å²) in [6, 6.07) is 0. The number of fused-ring (bicyclic) bond motifs is 2. The Kier molecular flexibility index (Phi) is 2.60. The van der Waals surface area contributed by atoms with Gasteiger partial charge in [0.25, 0.3) is 0 Å². The number of rotatable bonds is 2. The quantitative estimate of drug-likeness (QED) is 0.672. The second-order valence-corrected chi connectivity index (χ2v) is 6.69. The van der Waals surface area contributed by atoms with E-state index in [2.05, 4.69) is 20.8 Å². The second-order valence-electron chi connectivity index (χ2n) is 6.69. The Labute approximate surface area is 98.7 Å². The molecule has 0 aliphatic heterocycles. The standard InChI is InChI=1S/C14H24O2/c1-9(2)12(15)16-11-8-10-6-7-14(11,5)13(10,3)4/h9-11H,6-8H2,1-5H3/t10?,11-,14?/m0/s1. The van der Waals surface area contributed by atoms with Crippen LogP contribution in [0.3, 0.4) is 0 Å². The van der Waals surface area contributed by atoms with E-state index in [9.17, 15) is 4.79 Å². The smallest absolute Gasteiger partial charge is 0.308 e. The van der Waals surface area contributed by atoms with Crippen LogP contribution in [-0.2, 0) is 9.53 Å². The number of carbonyl (C=O) groups is 1. The number of esters is 1. The summed E-state index contributed by atoms with van der Waals surface area (Å²) in [5.74, 6) is 0.697. The van der Waals surface area contributed by atoms with Gasteiger partial charge in [0.15, 0.2) is 0 Å². The fourth-order valence-corrected chi connectivity index (χ4v) is 3.58. The zero-order valence-electron chi connectivity index (χ0n) is 11.2. The third kappa shape index (κ3) is 1.42. The Morgan fingerprint density at radius 2 is 1.94 bits per heavy atom. The van der Waals surface area contributed by atoms with Crippen molar-refractivity contribution in [3.63, 3.8) is 0 Å². The molecule has 2 bridgehead atoms. The Morgan fingerprint density at radius 1 is 1.31 bits per heavy atom. The molecule has 0 aromatic carbocycles. The van der Waals surface area contributed by atoms with Crippen LogP contribution in [0.25, 0.3) is 0 Å². The monoisotopic (exact) mass is 224 g/mol. The normalized spacial score (nSPS) is 40.4. The zero-order valence-corrected chi connectivity index (χ0v) is 11.2. The highest BCUT2D eigenvalue weighted by Gasteiger charge is 2.62. The molecule has 2 saturated carbocycles. The van der Waals surface area contributed by atoms with Crippen molar-refractivity contribution in [2.75, 3.05) is 0 Å². The van der Waals surface area contributed by atoms with Gasteiger partial charge in [-0.3, -0.25) is 4.79 Å². The first kappa shape index (κ1) is 11.9. The van der Waals surface area contributed by atoms with Crippen LogP contribution in [0.2, 0.25) is 0 Å². The summed E-state index contributed by atoms with van der Waals surface area (Å²) in [5, 5.41) is 0. The molecule has 2 fully saturated rings. The molecule has 16 heavy (non-hydrogen) atoms. The average Bonchev–Trinajstić information content (AvgIpc) is 2.50. The first-order valence-electron chi connectivity index (χ1n) is 6.49. The SMILES string of the molecule is CC(C)C(=O)O[C@H]1CC2CCC1(C)C2(C)C. The molecule has 3 atom stereocenters. The van der Waals surface area contributed by atoms with Gasteiger partial charge in [0.1, 0.15) is 6.10 Å². The van der Waals surface area contributed by atoms with Crippen molar-refractivity contribution >= 4 is 5.97 Å². The molecule has 2 unspecified atom stereocenters. The average molecular weight is 224 g/mol. The molecule has 0 radical (unpaired) electrons. The Bertz CT molecular complexity index is 306. The Balaban J connectivity index is 2.13. The van der Waals surface area contributed by atoms with Gasteiger partial charge in [-0.1, -0.05) is 34.6 Å². The maximum absolute atomic E-state index is 11.7. The van der Waals surface area contributed by atoms with Gasteiger partial charge in [0.05, 0.1) is 5.92 Å². The highest BCUT2D eigenvalue weighted by atomic mass is 16.5. The lowest BCUT2D eigenvalue weighted by Crippen LogP contribution is -2.39. The van der Waals surface area contributed by atoms with E-state index in [4.69, 9.17) is 4.74 Å². The van der Waals surface area contributed by atoms with Crippen LogP contribution in [0.1, 0.15) is 53.9 Å². The molecule has 2 rings (SSSR count). The molecule has 2 aliphatic carbocycles. The summed E-state index contributed by atoms with van der Waals surface area (Å²) >= 11 is 0. The van der Waals surface area contributed by atoms with Crippen LogP contribution in [0, 0.1) is 22.7 Å². The largest absolute Gasteiger partial charge is 0.462 e. The van der Waals surface area contributed by atoms with Crippen LogP contribution < -0.4 is 0 Å². The molecule has 0 amide bonds. The number of hydrogen-bond acceptors (Lipinski definition) is 2. The topological polar surface area (TPSA) is 26.3 Å². The number of hydrogen-bond donors (Lipinski definition) is 0. The highest BCUT2D eigenvalue weighted by molar-refractivity contribution is 5.71. The van der Waals surface area contributed by atoms with Crippen LogP contribution in [-0.4, -0.2) is 12.1 Å². The highest BCUT2D eigenvalue weighted by Crippen LogP contribution is 2.66. The number of ether oxygens (including phenoxy) is 1. The lowest BCUT2D eigenvalue weighted by Gasteiger charge is -2.38. The fourth-order valence-electron chi connectivity index (χ4n) is 3.58. The van der Waals surface area contributed by atoms with Crippen LogP contribution in [0.5, 0.6) is 0 Å². The predicted molar refractivity (Wildman–Crippen MR) is 63.9 cm³/mol. The predicted octanol–water partition coefficient (Wildman–Crippen LogP) is 3.40. The molecule has 2 heteroatoms. The molecule has 2 aliphatic rings. The van der Waals surface area contributed by atoms with Gasteiger partial charge in [-0.25, -0.2) is 0 Å². The van der Waals surface area contributed by atoms with Crippen LogP contribution >= 0.6 is 0 Å². The minimum absolute atomic E-state index is 0.00848. The third-order valence-electron chi connectivity index (χ3n) is 5.44. The summed E-state index contributed by atoms with van der Waals surface area (Å²) in [6.07, 6.45) is 3.73. The Hall–Kier alpha value is -0.530. The first-order valence-corrected chi connectivity index (χ1v) is 6.49. The molecule has 0 aromatic rings. The van der Waals surface area contributed by atoms with Gasteiger partial charge >= 0.3 is 5.97 Å². The van der Waals surface area contributed by atoms with Gasteiger partial charge in [-0.05, 0) is 30.6 Å². The third-order valence-corrected chi connectivity index (χ3v) is 5.44. The van der Waals surface area contributed by atoms with E-state index in [0.29, 0.717) is 5.41 Å². The minimum Gasteiger partial charge on any atom is -0.462 e. The number of carbonyl (C=O) groups excluding carboxylic acids is 1. The van der Waals surface area contributed by atoms with Crippen LogP contribution in [0.15, 0.2) is 0 Å². The molecule has 0 aromatic heterocycles. The fraction of sp³-hybridized carbons (Fsp3) is 0.929. The summed E-state index contributed by atoms with van der Waals surface area (Å²) in [7, 11) is 0. The van der Waals surface area contributed by atoms with Crippen molar-refractivity contribution in [1.82, 2.24) is 0 Å². The summed E-state index contributed by atoms with van der Waals surface area (Å²) < 4.78 is 5.71. The van der Waals surface area contributed by atoms with E-state index >= 15 is 0 Å². The van der Waals surface area contributed by atoms with Crippen molar-refractivity contribution in [3.05, 3.63) is 0 Å². The zero-order chi connectivity index (χ0) is 12.1. The summed E-state index contributed by atoms with van der Waals surface area (Å²) in [6.45, 7) is 10.8. The molecule has 0 saturated heterocycles. The van der Waals surface area contributed by atoms with Gasteiger partial charge < -0.3 is 4.74 Å². The van der Waals surface area contributed by atoms with E-state index in [1.54, 1.807) is 0 Å². The lowest BCUT2D eigenvalue weighted by atomic mass is 9.70. The summed E-state index contributed by atoms with van der Waals surface area (Å²) in [5.41, 5.74) is 0.525. The summed E-state index contributed by atoms with van der Waals surface area (Å²) in [4.78, 5) is 11.7. The van der Waals surface area contributed by atoms with Crippen molar-refractivity contribution in [3.8, 4) is 0 Å². The maximum atomic E-state index is 11.7. The molecule has 2 nitrogen and oxygen atoms in total. The lowest BCUT2D eigenvalue weighted by molar-refractivity contribution is -0.160. The molecule has 92 valence electrons. The maximum Gasteiger partial charge on any atom is 0.308 e. The van der Waals surface area contributed by atoms with E-state index in [1.807, 2.05) is 13.8 Å². The minimum atomic E-state index is -0.0328. The molecule has 0 heterocycles. The molecular weight excluding hydrogens is 200 g/mol. The van der Waals surface area contributed by atoms with Gasteiger partial charge in [0.2, 0.25) is 0 Å². The first-order chi connectivity index (χ1) is 7.29. The van der Waals surface area contributed by atoms with Gasteiger partial charge in [-0.2, -0.15) is 0 Å². The Morgan fingerprint density at radius 3 is 2.31 bits per heavy atom.